The predicted molar refractivity (Wildman–Crippen MR) is 73.8 cm³/mol. The molecule has 7 heteroatoms. The summed E-state index contributed by atoms with van der Waals surface area (Å²) < 4.78 is 5.18. The molecular weight excluding hydrogens is 262 g/mol. The number of pyridine rings is 1. The number of amides is 2. The lowest BCUT2D eigenvalue weighted by Gasteiger charge is -2.12. The van der Waals surface area contributed by atoms with Gasteiger partial charge < -0.3 is 20.5 Å². The van der Waals surface area contributed by atoms with Gasteiger partial charge >= 0.3 is 12.0 Å². The third-order valence-electron chi connectivity index (χ3n) is 2.64. The van der Waals surface area contributed by atoms with Crippen LogP contribution in [0.4, 0.5) is 10.5 Å². The zero-order valence-corrected chi connectivity index (χ0v) is 11.5. The Balaban J connectivity index is 2.43. The first-order chi connectivity index (χ1) is 9.56. The summed E-state index contributed by atoms with van der Waals surface area (Å²) in [4.78, 5) is 26.4. The molecular formula is C13H19N3O4. The van der Waals surface area contributed by atoms with Gasteiger partial charge in [-0.15, -0.1) is 0 Å². The zero-order valence-electron chi connectivity index (χ0n) is 11.5. The van der Waals surface area contributed by atoms with E-state index in [4.69, 9.17) is 9.84 Å². The number of aromatic nitrogens is 1. The molecule has 0 spiro atoms. The van der Waals surface area contributed by atoms with Gasteiger partial charge in [0.15, 0.2) is 0 Å². The number of urea groups is 1. The van der Waals surface area contributed by atoms with Crippen LogP contribution in [0.3, 0.4) is 0 Å². The number of hydrogen-bond donors (Lipinski definition) is 3. The molecule has 1 unspecified atom stereocenters. The van der Waals surface area contributed by atoms with Crippen molar-refractivity contribution < 1.29 is 19.4 Å². The van der Waals surface area contributed by atoms with Gasteiger partial charge in [0.1, 0.15) is 0 Å². The van der Waals surface area contributed by atoms with Gasteiger partial charge in [0, 0.05) is 12.6 Å². The lowest BCUT2D eigenvalue weighted by Crippen LogP contribution is -2.35. The number of anilines is 1. The van der Waals surface area contributed by atoms with Gasteiger partial charge in [-0.2, -0.15) is 0 Å². The Morgan fingerprint density at radius 1 is 1.40 bits per heavy atom. The Kier molecular flexibility index (Phi) is 6.28. The molecule has 0 aliphatic heterocycles. The Morgan fingerprint density at radius 2 is 2.15 bits per heavy atom. The molecule has 20 heavy (non-hydrogen) atoms. The molecule has 1 rings (SSSR count). The van der Waals surface area contributed by atoms with Crippen LogP contribution in [0.1, 0.15) is 20.3 Å². The second-order valence-electron chi connectivity index (χ2n) is 4.10. The first-order valence-electron chi connectivity index (χ1n) is 6.43. The van der Waals surface area contributed by atoms with Crippen LogP contribution in [0.2, 0.25) is 0 Å². The number of aliphatic carboxylic acids is 1. The Labute approximate surface area is 117 Å². The number of rotatable bonds is 7. The van der Waals surface area contributed by atoms with Gasteiger partial charge in [-0.25, -0.2) is 9.78 Å². The van der Waals surface area contributed by atoms with E-state index >= 15 is 0 Å². The average molecular weight is 281 g/mol. The molecule has 0 aliphatic carbocycles. The molecule has 1 aromatic rings. The largest absolute Gasteiger partial charge is 0.481 e. The van der Waals surface area contributed by atoms with Crippen LogP contribution in [0.25, 0.3) is 0 Å². The monoisotopic (exact) mass is 281 g/mol. The van der Waals surface area contributed by atoms with E-state index in [1.54, 1.807) is 19.1 Å². The summed E-state index contributed by atoms with van der Waals surface area (Å²) in [5.74, 6) is -1.02. The van der Waals surface area contributed by atoms with Crippen LogP contribution in [0, 0.1) is 5.92 Å². The van der Waals surface area contributed by atoms with Crippen molar-refractivity contribution in [2.75, 3.05) is 18.5 Å². The van der Waals surface area contributed by atoms with Gasteiger partial charge in [0.2, 0.25) is 5.88 Å². The van der Waals surface area contributed by atoms with Crippen molar-refractivity contribution in [2.45, 2.75) is 20.3 Å². The minimum atomic E-state index is -0.921. The number of ether oxygens (including phenoxy) is 1. The molecule has 0 saturated carbocycles. The molecule has 0 bridgehead atoms. The number of nitrogens with one attached hydrogen (secondary N) is 2. The highest BCUT2D eigenvalue weighted by Crippen LogP contribution is 2.11. The summed E-state index contributed by atoms with van der Waals surface area (Å²) in [6.45, 7) is 4.22. The van der Waals surface area contributed by atoms with Gasteiger partial charge in [-0.3, -0.25) is 4.79 Å². The third-order valence-corrected chi connectivity index (χ3v) is 2.64. The van der Waals surface area contributed by atoms with Gasteiger partial charge in [-0.05, 0) is 19.4 Å². The second kappa shape index (κ2) is 7.98. The van der Waals surface area contributed by atoms with Crippen LogP contribution >= 0.6 is 0 Å². The molecule has 0 saturated heterocycles. The molecule has 2 amide bonds. The highest BCUT2D eigenvalue weighted by atomic mass is 16.5. The highest BCUT2D eigenvalue weighted by Gasteiger charge is 2.15. The van der Waals surface area contributed by atoms with Crippen LogP contribution in [-0.2, 0) is 4.79 Å². The minimum absolute atomic E-state index is 0.0854. The fraction of sp³-hybridized carbons (Fsp3) is 0.462. The SMILES string of the molecule is CCOc1ccc(NC(=O)NCC(CC)C(=O)O)cn1. The number of hydrogen-bond acceptors (Lipinski definition) is 4. The smallest absolute Gasteiger partial charge is 0.319 e. The lowest BCUT2D eigenvalue weighted by atomic mass is 10.1. The molecule has 1 heterocycles. The second-order valence-corrected chi connectivity index (χ2v) is 4.10. The molecule has 3 N–H and O–H groups in total. The summed E-state index contributed by atoms with van der Waals surface area (Å²) in [6, 6.07) is 2.84. The van der Waals surface area contributed by atoms with Crippen molar-refractivity contribution in [2.24, 2.45) is 5.92 Å². The number of carboxylic acids is 1. The van der Waals surface area contributed by atoms with E-state index in [2.05, 4.69) is 15.6 Å². The van der Waals surface area contributed by atoms with Crippen molar-refractivity contribution in [1.82, 2.24) is 10.3 Å². The average Bonchev–Trinajstić information content (AvgIpc) is 2.41. The van der Waals surface area contributed by atoms with E-state index in [0.717, 1.165) is 0 Å². The maximum Gasteiger partial charge on any atom is 0.319 e. The van der Waals surface area contributed by atoms with Crippen LogP contribution in [0.15, 0.2) is 18.3 Å². The van der Waals surface area contributed by atoms with E-state index in [9.17, 15) is 9.59 Å². The fourth-order valence-corrected chi connectivity index (χ4v) is 1.48. The quantitative estimate of drug-likeness (QED) is 0.706. The van der Waals surface area contributed by atoms with E-state index < -0.39 is 17.9 Å². The van der Waals surface area contributed by atoms with Crippen molar-refractivity contribution >= 4 is 17.7 Å². The van der Waals surface area contributed by atoms with Crippen LogP contribution < -0.4 is 15.4 Å². The van der Waals surface area contributed by atoms with E-state index in [-0.39, 0.29) is 6.54 Å². The summed E-state index contributed by atoms with van der Waals surface area (Å²) in [6.07, 6.45) is 1.93. The van der Waals surface area contributed by atoms with Crippen molar-refractivity contribution in [1.29, 1.82) is 0 Å². The Hall–Kier alpha value is -2.31. The van der Waals surface area contributed by atoms with Gasteiger partial charge in [0.25, 0.3) is 0 Å². The molecule has 7 nitrogen and oxygen atoms in total. The first kappa shape index (κ1) is 15.7. The number of carbonyl (C=O) groups excluding carboxylic acids is 1. The van der Waals surface area contributed by atoms with Crippen LogP contribution in [0.5, 0.6) is 5.88 Å². The van der Waals surface area contributed by atoms with Gasteiger partial charge in [-0.1, -0.05) is 6.92 Å². The number of carboxylic acid groups (broad SMARTS) is 1. The molecule has 0 aromatic carbocycles. The summed E-state index contributed by atoms with van der Waals surface area (Å²) >= 11 is 0. The van der Waals surface area contributed by atoms with Crippen molar-refractivity contribution in [3.63, 3.8) is 0 Å². The topological polar surface area (TPSA) is 101 Å². The number of nitrogens with zero attached hydrogens (tertiary/aromatic N) is 1. The molecule has 1 aromatic heterocycles. The summed E-state index contributed by atoms with van der Waals surface area (Å²) in [7, 11) is 0. The third kappa shape index (κ3) is 5.13. The van der Waals surface area contributed by atoms with Gasteiger partial charge in [0.05, 0.1) is 24.4 Å². The lowest BCUT2D eigenvalue weighted by molar-refractivity contribution is -0.141. The van der Waals surface area contributed by atoms with E-state index in [1.165, 1.54) is 6.20 Å². The molecule has 0 radical (unpaired) electrons. The van der Waals surface area contributed by atoms with Crippen LogP contribution in [-0.4, -0.2) is 35.2 Å². The standard InChI is InChI=1S/C13H19N3O4/c1-3-9(12(17)18)7-15-13(19)16-10-5-6-11(14-8-10)20-4-2/h5-6,8-9H,3-4,7H2,1-2H3,(H,17,18)(H2,15,16,19). The molecule has 0 fully saturated rings. The van der Waals surface area contributed by atoms with Crippen molar-refractivity contribution in [3.05, 3.63) is 18.3 Å². The normalized spacial score (nSPS) is 11.5. The Bertz CT molecular complexity index is 447. The van der Waals surface area contributed by atoms with Crippen molar-refractivity contribution in [3.8, 4) is 5.88 Å². The minimum Gasteiger partial charge on any atom is -0.481 e. The summed E-state index contributed by atoms with van der Waals surface area (Å²) in [5, 5.41) is 13.9. The summed E-state index contributed by atoms with van der Waals surface area (Å²) in [5.41, 5.74) is 0.509. The van der Waals surface area contributed by atoms with E-state index in [0.29, 0.717) is 24.6 Å². The maximum atomic E-state index is 11.6. The first-order valence-corrected chi connectivity index (χ1v) is 6.43. The fourth-order valence-electron chi connectivity index (χ4n) is 1.48. The molecule has 110 valence electrons. The zero-order chi connectivity index (χ0) is 15.0. The Morgan fingerprint density at radius 3 is 2.65 bits per heavy atom. The van der Waals surface area contributed by atoms with E-state index in [1.807, 2.05) is 6.92 Å². The molecule has 1 atom stereocenters. The number of carbonyl (C=O) groups is 2. The highest BCUT2D eigenvalue weighted by molar-refractivity contribution is 5.89. The predicted octanol–water partition coefficient (Wildman–Crippen LogP) is 1.71. The molecule has 0 aliphatic rings. The maximum absolute atomic E-state index is 11.6.